The molecule has 0 N–H and O–H groups in total. The van der Waals surface area contributed by atoms with Gasteiger partial charge >= 0.3 is 0 Å². The number of nitrogens with zero attached hydrogens (tertiary/aromatic N) is 1. The van der Waals surface area contributed by atoms with Crippen LogP contribution in [0.1, 0.15) is 26.7 Å². The van der Waals surface area contributed by atoms with E-state index in [1.54, 1.807) is 0 Å². The summed E-state index contributed by atoms with van der Waals surface area (Å²) in [6.07, 6.45) is 1.44. The molecule has 2 aliphatic carbocycles. The van der Waals surface area contributed by atoms with Gasteiger partial charge in [0.2, 0.25) is 10.0 Å². The summed E-state index contributed by atoms with van der Waals surface area (Å²) in [5.74, 6) is -0.233. The highest BCUT2D eigenvalue weighted by atomic mass is 35.5. The average Bonchev–Trinajstić information content (AvgIpc) is 2.53. The lowest BCUT2D eigenvalue weighted by molar-refractivity contribution is 0.0210. The Morgan fingerprint density at radius 1 is 1.35 bits per heavy atom. The van der Waals surface area contributed by atoms with Crippen LogP contribution >= 0.6 is 23.2 Å². The maximum Gasteiger partial charge on any atom is 0.241 e. The average molecular weight is 302 g/mol. The van der Waals surface area contributed by atoms with E-state index < -0.39 is 25.8 Å². The lowest BCUT2D eigenvalue weighted by atomic mass is 9.69. The minimum absolute atomic E-state index is 0.0583. The molecule has 2 unspecified atom stereocenters. The van der Waals surface area contributed by atoms with E-state index in [2.05, 4.69) is 0 Å². The van der Waals surface area contributed by atoms with Crippen LogP contribution in [0.2, 0.25) is 0 Å². The molecule has 3 rings (SSSR count). The van der Waals surface area contributed by atoms with Gasteiger partial charge in [-0.25, -0.2) is 8.42 Å². The van der Waals surface area contributed by atoms with E-state index >= 15 is 0 Å². The highest BCUT2D eigenvalue weighted by Gasteiger charge is 2.80. The van der Waals surface area contributed by atoms with Gasteiger partial charge in [0.05, 0.1) is 11.8 Å². The Morgan fingerprint density at radius 3 is 2.47 bits per heavy atom. The molecule has 3 atom stereocenters. The van der Waals surface area contributed by atoms with Crippen molar-refractivity contribution in [3.05, 3.63) is 0 Å². The van der Waals surface area contributed by atoms with Gasteiger partial charge in [0, 0.05) is 5.41 Å². The van der Waals surface area contributed by atoms with E-state index in [0.29, 0.717) is 6.42 Å². The predicted octanol–water partition coefficient (Wildman–Crippen LogP) is 2.50. The molecule has 1 aliphatic heterocycles. The van der Waals surface area contributed by atoms with Crippen molar-refractivity contribution in [3.63, 3.8) is 0 Å². The van der Waals surface area contributed by atoms with E-state index in [0.717, 1.165) is 6.42 Å². The first-order valence-corrected chi connectivity index (χ1v) is 7.99. The molecule has 3 fully saturated rings. The van der Waals surface area contributed by atoms with Crippen LogP contribution in [0.25, 0.3) is 0 Å². The molecule has 2 bridgehead atoms. The van der Waals surface area contributed by atoms with Crippen molar-refractivity contribution in [2.75, 3.05) is 5.75 Å². The Kier molecular flexibility index (Phi) is 2.16. The van der Waals surface area contributed by atoms with E-state index in [4.69, 9.17) is 23.2 Å². The van der Waals surface area contributed by atoms with Crippen LogP contribution in [-0.4, -0.2) is 29.1 Å². The Balaban J connectivity index is 2.25. The van der Waals surface area contributed by atoms with Crippen LogP contribution in [-0.2, 0) is 10.0 Å². The summed E-state index contributed by atoms with van der Waals surface area (Å²) in [5, 5.41) is 0. The van der Waals surface area contributed by atoms with Crippen molar-refractivity contribution in [1.29, 1.82) is 0 Å². The molecule has 1 heterocycles. The zero-order valence-corrected chi connectivity index (χ0v) is 11.9. The van der Waals surface area contributed by atoms with Crippen molar-refractivity contribution >= 4 is 33.2 Å². The first kappa shape index (κ1) is 12.5. The smallest absolute Gasteiger partial charge is 0.210 e. The molecule has 1 saturated heterocycles. The van der Waals surface area contributed by atoms with Crippen molar-refractivity contribution in [3.8, 4) is 0 Å². The first-order chi connectivity index (χ1) is 7.57. The fraction of sp³-hybridized carbons (Fsp3) is 1.00. The van der Waals surface area contributed by atoms with Gasteiger partial charge in [-0.2, -0.15) is 0 Å². The molecule has 0 amide bonds. The van der Waals surface area contributed by atoms with Crippen LogP contribution < -0.4 is 0 Å². The zero-order chi connectivity index (χ0) is 12.9. The molecule has 0 aromatic heterocycles. The van der Waals surface area contributed by atoms with Gasteiger partial charge in [-0.05, 0) is 28.7 Å². The van der Waals surface area contributed by atoms with Crippen LogP contribution in [0.5, 0.6) is 0 Å². The summed E-state index contributed by atoms with van der Waals surface area (Å²) in [4.78, 5) is 0. The van der Waals surface area contributed by atoms with Gasteiger partial charge < -0.3 is 0 Å². The summed E-state index contributed by atoms with van der Waals surface area (Å²) in [5.41, 5.74) is -0.996. The monoisotopic (exact) mass is 301 g/mol. The highest BCUT2D eigenvalue weighted by Crippen LogP contribution is 2.75. The number of hydrogen-bond acceptors (Lipinski definition) is 2. The van der Waals surface area contributed by atoms with E-state index in [1.807, 2.05) is 13.8 Å². The van der Waals surface area contributed by atoms with Crippen LogP contribution in [0, 0.1) is 16.7 Å². The van der Waals surface area contributed by atoms with Gasteiger partial charge in [0.25, 0.3) is 0 Å². The summed E-state index contributed by atoms with van der Waals surface area (Å²) in [6, 6.07) is -0.933. The largest absolute Gasteiger partial charge is 0.241 e. The second-order valence-corrected chi connectivity index (χ2v) is 9.29. The van der Waals surface area contributed by atoms with Crippen molar-refractivity contribution < 1.29 is 12.9 Å². The number of halogens is 3. The number of fused-ring (bicyclic) bond motifs is 1. The van der Waals surface area contributed by atoms with Crippen LogP contribution in [0.4, 0.5) is 4.48 Å². The number of alkyl halides is 2. The van der Waals surface area contributed by atoms with Crippen molar-refractivity contribution in [1.82, 2.24) is 4.53 Å². The van der Waals surface area contributed by atoms with E-state index in [1.165, 1.54) is 0 Å². The summed E-state index contributed by atoms with van der Waals surface area (Å²) >= 11 is 12.6. The fourth-order valence-corrected chi connectivity index (χ4v) is 7.97. The quantitative estimate of drug-likeness (QED) is 0.509. The second-order valence-electron chi connectivity index (χ2n) is 6.04. The molecule has 2 saturated carbocycles. The third-order valence-electron chi connectivity index (χ3n) is 5.29. The third-order valence-corrected chi connectivity index (χ3v) is 7.86. The third kappa shape index (κ3) is 1.11. The number of hydrogen-bond donors (Lipinski definition) is 0. The minimum Gasteiger partial charge on any atom is -0.210 e. The van der Waals surface area contributed by atoms with Crippen LogP contribution in [0.15, 0.2) is 0 Å². The van der Waals surface area contributed by atoms with Gasteiger partial charge in [0.1, 0.15) is 4.33 Å². The SMILES string of the molecule is CC1(C)[C@@H]2CCC13CS(=O)(=O)N(F)C3C2(Cl)Cl. The molecule has 7 heteroatoms. The molecule has 17 heavy (non-hydrogen) atoms. The van der Waals surface area contributed by atoms with Crippen molar-refractivity contribution in [2.45, 2.75) is 37.1 Å². The lowest BCUT2D eigenvalue weighted by Crippen LogP contribution is -2.47. The Morgan fingerprint density at radius 2 is 1.94 bits per heavy atom. The Hall–Kier alpha value is 0.420. The lowest BCUT2D eigenvalue weighted by Gasteiger charge is -2.36. The summed E-state index contributed by atoms with van der Waals surface area (Å²) in [6.45, 7) is 3.91. The number of rotatable bonds is 0. The Labute approximate surface area is 110 Å². The molecule has 0 radical (unpaired) electrons. The number of sulfonamides is 1. The van der Waals surface area contributed by atoms with E-state index in [-0.39, 0.29) is 21.6 Å². The summed E-state index contributed by atoms with van der Waals surface area (Å²) < 4.78 is 36.2. The second kappa shape index (κ2) is 2.94. The summed E-state index contributed by atoms with van der Waals surface area (Å²) in [7, 11) is -3.87. The first-order valence-electron chi connectivity index (χ1n) is 5.63. The molecule has 0 aromatic rings. The molecule has 3 aliphatic rings. The van der Waals surface area contributed by atoms with Gasteiger partial charge in [-0.15, -0.1) is 4.48 Å². The van der Waals surface area contributed by atoms with Gasteiger partial charge in [-0.1, -0.05) is 37.0 Å². The van der Waals surface area contributed by atoms with Gasteiger partial charge in [-0.3, -0.25) is 0 Å². The molecular formula is C10H14Cl2FNO2S. The topological polar surface area (TPSA) is 37.4 Å². The minimum atomic E-state index is -3.87. The zero-order valence-electron chi connectivity index (χ0n) is 9.58. The predicted molar refractivity (Wildman–Crippen MR) is 63.9 cm³/mol. The molecular weight excluding hydrogens is 288 g/mol. The highest BCUT2D eigenvalue weighted by molar-refractivity contribution is 7.89. The van der Waals surface area contributed by atoms with Gasteiger partial charge in [0.15, 0.2) is 0 Å². The molecule has 98 valence electrons. The Bertz CT molecular complexity index is 493. The molecule has 1 spiro atoms. The molecule has 3 nitrogen and oxygen atoms in total. The maximum absolute atomic E-state index is 14.0. The normalized spacial score (nSPS) is 49.5. The van der Waals surface area contributed by atoms with Crippen LogP contribution in [0.3, 0.4) is 0 Å². The van der Waals surface area contributed by atoms with E-state index in [9.17, 15) is 12.9 Å². The molecule has 0 aromatic carbocycles. The maximum atomic E-state index is 14.0. The van der Waals surface area contributed by atoms with Crippen molar-refractivity contribution in [2.24, 2.45) is 16.7 Å². The fourth-order valence-electron chi connectivity index (χ4n) is 4.37. The standard InChI is InChI=1S/C10H14Cl2FNO2S/c1-8(2)6-3-4-9(8)5-17(15,16)14(13)7(9)10(6,11)12/h6-7H,3-5H2,1-2H3/t6-,7?,9?/m0/s1.